The molecule has 0 aliphatic carbocycles. The van der Waals surface area contributed by atoms with Crippen molar-refractivity contribution in [2.24, 2.45) is 0 Å². The highest BCUT2D eigenvalue weighted by Crippen LogP contribution is 2.42. The average molecular weight is 614 g/mol. The summed E-state index contributed by atoms with van der Waals surface area (Å²) in [6, 6.07) is 57.3. The molecule has 0 N–H and O–H groups in total. The van der Waals surface area contributed by atoms with E-state index in [0.29, 0.717) is 17.6 Å². The Balaban J connectivity index is 1.41. The molecule has 7 aromatic carbocycles. The lowest BCUT2D eigenvalue weighted by atomic mass is 10.1. The Morgan fingerprint density at radius 1 is 0.354 bits per heavy atom. The molecular formula is C43H27N5. The van der Waals surface area contributed by atoms with Gasteiger partial charge < -0.3 is 4.57 Å². The topological polar surface area (TPSA) is 48.5 Å². The van der Waals surface area contributed by atoms with Gasteiger partial charge in [-0.2, -0.15) is 9.97 Å². The molecule has 3 heterocycles. The Kier molecular flexibility index (Phi) is 5.81. The lowest BCUT2D eigenvalue weighted by Crippen LogP contribution is -2.07. The van der Waals surface area contributed by atoms with Crippen LogP contribution >= 0.6 is 0 Å². The van der Waals surface area contributed by atoms with E-state index in [2.05, 4.69) is 137 Å². The van der Waals surface area contributed by atoms with Gasteiger partial charge in [0, 0.05) is 38.4 Å². The molecule has 0 unspecified atom stereocenters. The SMILES string of the molecule is c1ccc(-c2nc(-c3ccccc3)nc(-n3c4ccccc4c4ccc5c6cc7ccccc7cc6n(-c6ccccc6)c5c43)n2)cc1. The maximum absolute atomic E-state index is 5.21. The normalized spacial score (nSPS) is 11.8. The number of hydrogen-bond donors (Lipinski definition) is 0. The second-order valence-corrected chi connectivity index (χ2v) is 12.1. The van der Waals surface area contributed by atoms with Gasteiger partial charge in [0.15, 0.2) is 11.6 Å². The van der Waals surface area contributed by atoms with Gasteiger partial charge in [0.25, 0.3) is 0 Å². The van der Waals surface area contributed by atoms with Crippen LogP contribution in [0.5, 0.6) is 0 Å². The van der Waals surface area contributed by atoms with Crippen molar-refractivity contribution in [3.8, 4) is 34.4 Å². The van der Waals surface area contributed by atoms with Crippen LogP contribution < -0.4 is 0 Å². The third kappa shape index (κ3) is 4.01. The van der Waals surface area contributed by atoms with Crippen LogP contribution in [0, 0.1) is 0 Å². The number of fused-ring (bicyclic) bond motifs is 8. The molecule has 0 atom stereocenters. The van der Waals surface area contributed by atoms with E-state index in [1.165, 1.54) is 21.5 Å². The lowest BCUT2D eigenvalue weighted by molar-refractivity contribution is 0.953. The number of rotatable bonds is 4. The molecule has 5 nitrogen and oxygen atoms in total. The van der Waals surface area contributed by atoms with Crippen LogP contribution in [-0.2, 0) is 0 Å². The summed E-state index contributed by atoms with van der Waals surface area (Å²) in [6.07, 6.45) is 0. The molecule has 10 aromatic rings. The Labute approximate surface area is 276 Å². The van der Waals surface area contributed by atoms with Crippen LogP contribution in [0.1, 0.15) is 0 Å². The first kappa shape index (κ1) is 26.6. The maximum atomic E-state index is 5.21. The number of hydrogen-bond acceptors (Lipinski definition) is 3. The molecule has 0 saturated heterocycles. The van der Waals surface area contributed by atoms with E-state index in [1.807, 2.05) is 36.4 Å². The zero-order valence-electron chi connectivity index (χ0n) is 25.8. The average Bonchev–Trinajstić information content (AvgIpc) is 3.67. The van der Waals surface area contributed by atoms with E-state index in [9.17, 15) is 0 Å². The molecule has 0 aliphatic heterocycles. The maximum Gasteiger partial charge on any atom is 0.238 e. The van der Waals surface area contributed by atoms with E-state index < -0.39 is 0 Å². The van der Waals surface area contributed by atoms with Gasteiger partial charge in [0.1, 0.15) is 0 Å². The Bertz CT molecular complexity index is 2760. The van der Waals surface area contributed by atoms with Crippen molar-refractivity contribution in [3.05, 3.63) is 164 Å². The first-order valence-electron chi connectivity index (χ1n) is 16.1. The third-order valence-electron chi connectivity index (χ3n) is 9.33. The molecule has 0 spiro atoms. The van der Waals surface area contributed by atoms with Crippen LogP contribution in [-0.4, -0.2) is 24.1 Å². The van der Waals surface area contributed by atoms with Gasteiger partial charge >= 0.3 is 0 Å². The highest BCUT2D eigenvalue weighted by atomic mass is 15.2. The summed E-state index contributed by atoms with van der Waals surface area (Å²) < 4.78 is 4.65. The number of benzene rings is 7. The second kappa shape index (κ2) is 10.5. The highest BCUT2D eigenvalue weighted by molar-refractivity contribution is 6.24. The summed E-state index contributed by atoms with van der Waals surface area (Å²) in [5.41, 5.74) is 7.35. The first-order valence-corrected chi connectivity index (χ1v) is 16.1. The van der Waals surface area contributed by atoms with Crippen LogP contribution in [0.2, 0.25) is 0 Å². The van der Waals surface area contributed by atoms with Gasteiger partial charge in [-0.3, -0.25) is 4.57 Å². The highest BCUT2D eigenvalue weighted by Gasteiger charge is 2.23. The van der Waals surface area contributed by atoms with Crippen molar-refractivity contribution in [2.75, 3.05) is 0 Å². The van der Waals surface area contributed by atoms with Crippen LogP contribution in [0.4, 0.5) is 0 Å². The predicted molar refractivity (Wildman–Crippen MR) is 197 cm³/mol. The van der Waals surface area contributed by atoms with Crippen molar-refractivity contribution in [1.82, 2.24) is 24.1 Å². The van der Waals surface area contributed by atoms with Gasteiger partial charge in [-0.05, 0) is 41.1 Å². The molecule has 5 heteroatoms. The van der Waals surface area contributed by atoms with Crippen molar-refractivity contribution in [1.29, 1.82) is 0 Å². The number of aromatic nitrogens is 5. The minimum atomic E-state index is 0.580. The molecule has 0 radical (unpaired) electrons. The van der Waals surface area contributed by atoms with Crippen molar-refractivity contribution in [3.63, 3.8) is 0 Å². The molecule has 0 bridgehead atoms. The Morgan fingerprint density at radius 3 is 1.54 bits per heavy atom. The minimum absolute atomic E-state index is 0.580. The summed E-state index contributed by atoms with van der Waals surface area (Å²) in [4.78, 5) is 15.4. The summed E-state index contributed by atoms with van der Waals surface area (Å²) in [6.45, 7) is 0. The molecule has 3 aromatic heterocycles. The van der Waals surface area contributed by atoms with Gasteiger partial charge in [0.05, 0.1) is 22.1 Å². The van der Waals surface area contributed by atoms with Crippen molar-refractivity contribution >= 4 is 54.4 Å². The molecule has 0 amide bonds. The smallest absolute Gasteiger partial charge is 0.238 e. The fraction of sp³-hybridized carbons (Fsp3) is 0. The van der Waals surface area contributed by atoms with E-state index >= 15 is 0 Å². The third-order valence-corrected chi connectivity index (χ3v) is 9.33. The zero-order chi connectivity index (χ0) is 31.6. The summed E-state index contributed by atoms with van der Waals surface area (Å²) in [7, 11) is 0. The van der Waals surface area contributed by atoms with E-state index in [4.69, 9.17) is 15.0 Å². The molecule has 10 rings (SSSR count). The molecular weight excluding hydrogens is 587 g/mol. The molecule has 224 valence electrons. The van der Waals surface area contributed by atoms with Crippen LogP contribution in [0.15, 0.2) is 164 Å². The lowest BCUT2D eigenvalue weighted by Gasteiger charge is -2.13. The zero-order valence-corrected chi connectivity index (χ0v) is 25.8. The standard InChI is InChI=1S/C43H27N5/c1-4-14-28(15-5-1)41-44-42(29-16-6-2-7-17-29)46-43(45-41)48-37-23-13-12-22-33(37)34-24-25-35-36-26-30-18-10-11-19-31(30)27-38(36)47(39(35)40(34)48)32-20-8-3-9-21-32/h1-27H. The van der Waals surface area contributed by atoms with Crippen molar-refractivity contribution < 1.29 is 0 Å². The molecule has 0 aliphatic rings. The molecule has 48 heavy (non-hydrogen) atoms. The predicted octanol–water partition coefficient (Wildman–Crippen LogP) is 10.6. The Hall–Kier alpha value is -6.59. The monoisotopic (exact) mass is 613 g/mol. The van der Waals surface area contributed by atoms with Crippen LogP contribution in [0.3, 0.4) is 0 Å². The van der Waals surface area contributed by atoms with E-state index in [-0.39, 0.29) is 0 Å². The van der Waals surface area contributed by atoms with Crippen LogP contribution in [0.25, 0.3) is 88.8 Å². The fourth-order valence-corrected chi connectivity index (χ4v) is 7.18. The molecule has 0 saturated carbocycles. The minimum Gasteiger partial charge on any atom is -0.307 e. The number of nitrogens with zero attached hydrogens (tertiary/aromatic N) is 5. The second-order valence-electron chi connectivity index (χ2n) is 12.1. The first-order chi connectivity index (χ1) is 23.8. The molecule has 0 fully saturated rings. The van der Waals surface area contributed by atoms with Gasteiger partial charge in [-0.1, -0.05) is 133 Å². The van der Waals surface area contributed by atoms with Gasteiger partial charge in [0.2, 0.25) is 5.95 Å². The fourth-order valence-electron chi connectivity index (χ4n) is 7.18. The Morgan fingerprint density at radius 2 is 0.875 bits per heavy atom. The summed E-state index contributed by atoms with van der Waals surface area (Å²) >= 11 is 0. The van der Waals surface area contributed by atoms with Gasteiger partial charge in [-0.15, -0.1) is 0 Å². The van der Waals surface area contributed by atoms with Crippen molar-refractivity contribution in [2.45, 2.75) is 0 Å². The van der Waals surface area contributed by atoms with E-state index in [0.717, 1.165) is 49.7 Å². The largest absolute Gasteiger partial charge is 0.307 e. The van der Waals surface area contributed by atoms with E-state index in [1.54, 1.807) is 0 Å². The summed E-state index contributed by atoms with van der Waals surface area (Å²) in [5, 5.41) is 7.10. The van der Waals surface area contributed by atoms with Gasteiger partial charge in [-0.25, -0.2) is 4.98 Å². The quantitative estimate of drug-likeness (QED) is 0.198. The number of para-hydroxylation sites is 2. The summed E-state index contributed by atoms with van der Waals surface area (Å²) in [5.74, 6) is 1.84.